The summed E-state index contributed by atoms with van der Waals surface area (Å²) in [6.45, 7) is 0. The maximum Gasteiger partial charge on any atom is 0.254 e. The van der Waals surface area contributed by atoms with Crippen LogP contribution >= 0.6 is 10.6 Å². The highest BCUT2D eigenvalue weighted by molar-refractivity contribution is 8.24. The van der Waals surface area contributed by atoms with Gasteiger partial charge in [0.15, 0.2) is 5.82 Å². The van der Waals surface area contributed by atoms with E-state index >= 15 is 0 Å². The number of nitrogens with zero attached hydrogens (tertiary/aromatic N) is 3. The first kappa shape index (κ1) is 17.2. The molecule has 0 radical (unpaired) electrons. The molecule has 2 heterocycles. The van der Waals surface area contributed by atoms with E-state index < -0.39 is 34.3 Å². The Morgan fingerprint density at radius 3 is 2.68 bits per heavy atom. The van der Waals surface area contributed by atoms with Gasteiger partial charge in [-0.05, 0) is 24.3 Å². The summed E-state index contributed by atoms with van der Waals surface area (Å²) in [5.74, 6) is -1.65. The van der Waals surface area contributed by atoms with Crippen molar-refractivity contribution < 1.29 is 18.3 Å². The van der Waals surface area contributed by atoms with Crippen LogP contribution in [0.2, 0.25) is 0 Å². The zero-order valence-corrected chi connectivity index (χ0v) is 13.8. The summed E-state index contributed by atoms with van der Waals surface area (Å²) < 4.78 is 34.1. The lowest BCUT2D eigenvalue weighted by atomic mass is 10.1. The third-order valence-electron chi connectivity index (χ3n) is 3.96. The monoisotopic (exact) mass is 365 g/mol. The smallest absolute Gasteiger partial charge is 0.254 e. The number of benzene rings is 1. The highest BCUT2D eigenvalue weighted by Crippen LogP contribution is 2.52. The molecule has 1 aromatic carbocycles. The fourth-order valence-corrected chi connectivity index (χ4v) is 4.68. The molecule has 10 heteroatoms. The Kier molecular flexibility index (Phi) is 4.38. The van der Waals surface area contributed by atoms with Crippen molar-refractivity contribution in [2.75, 3.05) is 16.8 Å². The minimum Gasteiger partial charge on any atom is -0.365 e. The number of carbonyl (C=O) groups excluding carboxylic acids is 1. The normalized spacial score (nSPS) is 23.0. The number of carbonyl (C=O) groups is 1. The molecule has 0 saturated carbocycles. The van der Waals surface area contributed by atoms with Crippen molar-refractivity contribution in [3.63, 3.8) is 0 Å². The molecule has 1 saturated heterocycles. The third kappa shape index (κ3) is 3.58. The van der Waals surface area contributed by atoms with E-state index in [-0.39, 0.29) is 22.9 Å². The Balaban J connectivity index is 1.93. The molecule has 3 rings (SSSR count). The van der Waals surface area contributed by atoms with Crippen molar-refractivity contribution in [2.45, 2.75) is 6.04 Å². The Bertz CT molecular complexity index is 846. The summed E-state index contributed by atoms with van der Waals surface area (Å²) >= 11 is 0. The zero-order valence-electron chi connectivity index (χ0n) is 13.0. The molecule has 8 nitrogen and oxygen atoms in total. The van der Waals surface area contributed by atoms with Crippen molar-refractivity contribution >= 4 is 28.0 Å². The molecule has 0 aliphatic carbocycles. The van der Waals surface area contributed by atoms with Gasteiger partial charge in [-0.1, -0.05) is 0 Å². The summed E-state index contributed by atoms with van der Waals surface area (Å²) in [7, 11) is -2.85. The number of nitrogens with one attached hydrogen (secondary N) is 1. The summed E-state index contributed by atoms with van der Waals surface area (Å²) in [5.41, 5.74) is 5.96. The molecule has 132 valence electrons. The average Bonchev–Trinajstić information content (AvgIpc) is 3.10. The van der Waals surface area contributed by atoms with Crippen LogP contribution in [0.1, 0.15) is 16.4 Å². The number of primary amides is 1. The van der Waals surface area contributed by atoms with Crippen LogP contribution in [-0.2, 0) is 0 Å². The Morgan fingerprint density at radius 1 is 1.40 bits per heavy atom. The molecule has 1 aromatic heterocycles. The second-order valence-electron chi connectivity index (χ2n) is 5.81. The van der Waals surface area contributed by atoms with Gasteiger partial charge < -0.3 is 11.1 Å². The first-order valence-corrected chi connectivity index (χ1v) is 9.22. The van der Waals surface area contributed by atoms with Crippen LogP contribution in [0.25, 0.3) is 0 Å². The molecule has 2 aromatic rings. The van der Waals surface area contributed by atoms with Gasteiger partial charge in [0.1, 0.15) is 11.4 Å². The number of hydrogen-bond donors (Lipinski definition) is 4. The number of anilines is 2. The Labute approximate surface area is 144 Å². The highest BCUT2D eigenvalue weighted by atomic mass is 32.3. The fourth-order valence-electron chi connectivity index (χ4n) is 2.74. The standard InChI is InChI=1S/C15H16FN5O3S/c16-10-1-3-11(4-2-10)19-15-12(14(18)22)6-21(20-15)13-8-25(23,24)7-9(13)5-17/h1-4,6,9,13,23-24H,7-8H2,(H2,18,22)(H,19,20)/t9-,13-/m0/s1. The zero-order chi connectivity index (χ0) is 18.2. The topological polar surface area (TPSA) is 137 Å². The lowest BCUT2D eigenvalue weighted by molar-refractivity contribution is 0.100. The first-order chi connectivity index (χ1) is 11.8. The van der Waals surface area contributed by atoms with Crippen LogP contribution in [0.5, 0.6) is 0 Å². The SMILES string of the molecule is N#C[C@H]1CS(O)(O)C[C@@H]1n1cc(C(N)=O)c(Nc2ccc(F)cc2)n1. The van der Waals surface area contributed by atoms with E-state index in [9.17, 15) is 23.6 Å². The summed E-state index contributed by atoms with van der Waals surface area (Å²) in [5, 5.41) is 16.4. The molecule has 5 N–H and O–H groups in total. The summed E-state index contributed by atoms with van der Waals surface area (Å²) in [4.78, 5) is 11.7. The van der Waals surface area contributed by atoms with E-state index in [1.54, 1.807) is 0 Å². The Hall–Kier alpha value is -2.61. The second kappa shape index (κ2) is 6.36. The van der Waals surface area contributed by atoms with Crippen molar-refractivity contribution in [1.82, 2.24) is 9.78 Å². The van der Waals surface area contributed by atoms with Crippen LogP contribution in [0.3, 0.4) is 0 Å². The lowest BCUT2D eigenvalue weighted by Gasteiger charge is -2.25. The van der Waals surface area contributed by atoms with Gasteiger partial charge in [0.2, 0.25) is 0 Å². The molecular weight excluding hydrogens is 349 g/mol. The van der Waals surface area contributed by atoms with E-state index in [0.717, 1.165) is 0 Å². The van der Waals surface area contributed by atoms with Gasteiger partial charge in [-0.15, -0.1) is 0 Å². The molecule has 0 unspecified atom stereocenters. The largest absolute Gasteiger partial charge is 0.365 e. The fraction of sp³-hybridized carbons (Fsp3) is 0.267. The Morgan fingerprint density at radius 2 is 2.08 bits per heavy atom. The number of rotatable bonds is 4. The van der Waals surface area contributed by atoms with E-state index in [1.165, 1.54) is 35.1 Å². The highest BCUT2D eigenvalue weighted by Gasteiger charge is 2.40. The maximum absolute atomic E-state index is 13.0. The number of nitriles is 1. The first-order valence-electron chi connectivity index (χ1n) is 7.34. The van der Waals surface area contributed by atoms with E-state index in [1.807, 2.05) is 6.07 Å². The lowest BCUT2D eigenvalue weighted by Crippen LogP contribution is -2.17. The molecule has 25 heavy (non-hydrogen) atoms. The van der Waals surface area contributed by atoms with Crippen LogP contribution in [0, 0.1) is 23.1 Å². The van der Waals surface area contributed by atoms with Gasteiger partial charge in [-0.2, -0.15) is 21.0 Å². The number of nitrogens with two attached hydrogens (primary N) is 1. The maximum atomic E-state index is 13.0. The predicted molar refractivity (Wildman–Crippen MR) is 91.2 cm³/mol. The van der Waals surface area contributed by atoms with Crippen LogP contribution < -0.4 is 11.1 Å². The van der Waals surface area contributed by atoms with E-state index in [2.05, 4.69) is 10.4 Å². The molecule has 1 aliphatic rings. The van der Waals surface area contributed by atoms with Crippen LogP contribution in [-0.4, -0.2) is 36.3 Å². The number of hydrogen-bond acceptors (Lipinski definition) is 6. The van der Waals surface area contributed by atoms with Gasteiger partial charge in [0.25, 0.3) is 5.91 Å². The van der Waals surface area contributed by atoms with Crippen molar-refractivity contribution in [3.05, 3.63) is 41.8 Å². The molecule has 1 fully saturated rings. The van der Waals surface area contributed by atoms with E-state index in [0.29, 0.717) is 5.69 Å². The molecule has 1 aliphatic heterocycles. The van der Waals surface area contributed by atoms with Crippen molar-refractivity contribution in [2.24, 2.45) is 11.7 Å². The minimum atomic E-state index is -2.85. The average molecular weight is 365 g/mol. The number of halogens is 1. The van der Waals surface area contributed by atoms with E-state index in [4.69, 9.17) is 5.73 Å². The predicted octanol–water partition coefficient (Wildman–Crippen LogP) is 2.31. The molecule has 0 spiro atoms. The number of aromatic nitrogens is 2. The van der Waals surface area contributed by atoms with Crippen LogP contribution in [0.4, 0.5) is 15.9 Å². The molecule has 2 atom stereocenters. The van der Waals surface area contributed by atoms with Gasteiger partial charge in [0.05, 0.1) is 29.5 Å². The van der Waals surface area contributed by atoms with Gasteiger partial charge in [0, 0.05) is 11.9 Å². The minimum absolute atomic E-state index is 0.0128. The second-order valence-corrected chi connectivity index (χ2v) is 8.08. The third-order valence-corrected chi connectivity index (χ3v) is 5.73. The van der Waals surface area contributed by atoms with Crippen molar-refractivity contribution in [3.8, 4) is 6.07 Å². The van der Waals surface area contributed by atoms with Gasteiger partial charge >= 0.3 is 0 Å². The summed E-state index contributed by atoms with van der Waals surface area (Å²) in [6, 6.07) is 6.92. The van der Waals surface area contributed by atoms with Crippen molar-refractivity contribution in [1.29, 1.82) is 5.26 Å². The van der Waals surface area contributed by atoms with Gasteiger partial charge in [-0.25, -0.2) is 4.39 Å². The quantitative estimate of drug-likeness (QED) is 0.656. The molecule has 0 bridgehead atoms. The van der Waals surface area contributed by atoms with Gasteiger partial charge in [-0.3, -0.25) is 18.6 Å². The van der Waals surface area contributed by atoms with Crippen LogP contribution in [0.15, 0.2) is 30.5 Å². The summed E-state index contributed by atoms with van der Waals surface area (Å²) in [6.07, 6.45) is 1.38. The number of amides is 1. The molecule has 1 amide bonds. The molecular formula is C15H16FN5O3S.